The molecule has 0 aliphatic heterocycles. The summed E-state index contributed by atoms with van der Waals surface area (Å²) < 4.78 is 0. The van der Waals surface area contributed by atoms with Gasteiger partial charge >= 0.3 is 0 Å². The predicted molar refractivity (Wildman–Crippen MR) is 66.8 cm³/mol. The lowest BCUT2D eigenvalue weighted by Crippen LogP contribution is -2.41. The van der Waals surface area contributed by atoms with Crippen molar-refractivity contribution in [2.24, 2.45) is 23.5 Å². The molecule has 0 heterocycles. The highest BCUT2D eigenvalue weighted by molar-refractivity contribution is 4.84. The van der Waals surface area contributed by atoms with Crippen molar-refractivity contribution in [3.8, 4) is 0 Å². The van der Waals surface area contributed by atoms with Crippen LogP contribution in [0.5, 0.6) is 0 Å². The topological polar surface area (TPSA) is 46.2 Å². The molecule has 0 aromatic carbocycles. The molecule has 16 heavy (non-hydrogen) atoms. The molecule has 2 heteroatoms. The Morgan fingerprint density at radius 2 is 1.12 bits per heavy atom. The van der Waals surface area contributed by atoms with Crippen LogP contribution >= 0.6 is 0 Å². The normalized spacial score (nSPS) is 27.2. The minimum atomic E-state index is -0.578. The molecule has 2 nitrogen and oxygen atoms in total. The number of hydrogen-bond donors (Lipinski definition) is 2. The molecule has 2 aliphatic carbocycles. The molecule has 0 amide bonds. The zero-order valence-electron chi connectivity index (χ0n) is 10.4. The minimum absolute atomic E-state index is 0.389. The van der Waals surface area contributed by atoms with Gasteiger partial charge in [-0.1, -0.05) is 64.2 Å². The number of rotatable bonds is 3. The lowest BCUT2D eigenvalue weighted by molar-refractivity contribution is 0.0132. The van der Waals surface area contributed by atoms with Crippen molar-refractivity contribution in [2.75, 3.05) is 0 Å². The van der Waals surface area contributed by atoms with Crippen molar-refractivity contribution in [3.05, 3.63) is 0 Å². The average Bonchev–Trinajstić information content (AvgIpc) is 2.31. The number of aliphatic hydroxyl groups excluding tert-OH is 1. The maximum Gasteiger partial charge on any atom is 0.105 e. The van der Waals surface area contributed by atoms with Gasteiger partial charge in [-0.3, -0.25) is 0 Å². The van der Waals surface area contributed by atoms with Gasteiger partial charge in [-0.2, -0.15) is 0 Å². The fourth-order valence-corrected chi connectivity index (χ4v) is 3.98. The van der Waals surface area contributed by atoms with E-state index in [1.807, 2.05) is 0 Å². The number of aliphatic hydroxyl groups is 1. The van der Waals surface area contributed by atoms with Crippen molar-refractivity contribution in [1.82, 2.24) is 0 Å². The standard InChI is InChI=1S/C14H27NO/c15-14(16)13(11-7-3-1-4-8-11)12-9-5-2-6-10-12/h11-14,16H,1-10,15H2. The van der Waals surface area contributed by atoms with Gasteiger partial charge in [-0.05, 0) is 11.8 Å². The molecule has 0 radical (unpaired) electrons. The highest BCUT2D eigenvalue weighted by Gasteiger charge is 2.34. The largest absolute Gasteiger partial charge is 0.379 e. The van der Waals surface area contributed by atoms with Gasteiger partial charge in [0.1, 0.15) is 6.23 Å². The molecule has 3 N–H and O–H groups in total. The third kappa shape index (κ3) is 2.98. The third-order valence-electron chi connectivity index (χ3n) is 4.78. The molecule has 2 rings (SSSR count). The summed E-state index contributed by atoms with van der Waals surface area (Å²) in [5.41, 5.74) is 5.85. The summed E-state index contributed by atoms with van der Waals surface area (Å²) in [6.45, 7) is 0. The molecule has 0 aromatic rings. The van der Waals surface area contributed by atoms with Crippen LogP contribution in [0.15, 0.2) is 0 Å². The van der Waals surface area contributed by atoms with E-state index in [0.29, 0.717) is 17.8 Å². The lowest BCUT2D eigenvalue weighted by atomic mass is 9.69. The quantitative estimate of drug-likeness (QED) is 0.725. The molecular formula is C14H27NO. The van der Waals surface area contributed by atoms with Crippen LogP contribution in [-0.4, -0.2) is 11.3 Å². The summed E-state index contributed by atoms with van der Waals surface area (Å²) in [7, 11) is 0. The molecule has 94 valence electrons. The van der Waals surface area contributed by atoms with E-state index in [4.69, 9.17) is 5.73 Å². The van der Waals surface area contributed by atoms with E-state index in [0.717, 1.165) is 0 Å². The molecule has 2 aliphatic rings. The fraction of sp³-hybridized carbons (Fsp3) is 1.00. The minimum Gasteiger partial charge on any atom is -0.379 e. The fourth-order valence-electron chi connectivity index (χ4n) is 3.98. The van der Waals surface area contributed by atoms with Gasteiger partial charge in [-0.25, -0.2) is 0 Å². The lowest BCUT2D eigenvalue weighted by Gasteiger charge is -2.39. The van der Waals surface area contributed by atoms with Gasteiger partial charge < -0.3 is 10.8 Å². The summed E-state index contributed by atoms with van der Waals surface area (Å²) >= 11 is 0. The summed E-state index contributed by atoms with van der Waals surface area (Å²) in [6.07, 6.45) is 12.8. The molecule has 0 spiro atoms. The molecule has 1 atom stereocenters. The van der Waals surface area contributed by atoms with Crippen LogP contribution in [0.2, 0.25) is 0 Å². The number of nitrogens with two attached hydrogens (primary N) is 1. The van der Waals surface area contributed by atoms with E-state index < -0.39 is 6.23 Å². The van der Waals surface area contributed by atoms with Crippen LogP contribution in [0, 0.1) is 17.8 Å². The first-order valence-electron chi connectivity index (χ1n) is 7.22. The molecule has 1 unspecified atom stereocenters. The predicted octanol–water partition coefficient (Wildman–Crippen LogP) is 3.04. The van der Waals surface area contributed by atoms with Crippen LogP contribution in [-0.2, 0) is 0 Å². The van der Waals surface area contributed by atoms with Crippen molar-refractivity contribution in [3.63, 3.8) is 0 Å². The van der Waals surface area contributed by atoms with E-state index in [1.54, 1.807) is 0 Å². The zero-order chi connectivity index (χ0) is 11.4. The van der Waals surface area contributed by atoms with Gasteiger partial charge in [0.2, 0.25) is 0 Å². The van der Waals surface area contributed by atoms with E-state index in [2.05, 4.69) is 0 Å². The first-order valence-corrected chi connectivity index (χ1v) is 7.22. The molecule has 2 fully saturated rings. The van der Waals surface area contributed by atoms with Crippen molar-refractivity contribution < 1.29 is 5.11 Å². The summed E-state index contributed by atoms with van der Waals surface area (Å²) in [5.74, 6) is 1.80. The highest BCUT2D eigenvalue weighted by Crippen LogP contribution is 2.40. The first kappa shape index (κ1) is 12.4. The SMILES string of the molecule is NC(O)C(C1CCCCC1)C1CCCCC1. The maximum absolute atomic E-state index is 9.89. The molecule has 0 saturated heterocycles. The van der Waals surface area contributed by atoms with Gasteiger partial charge in [0.15, 0.2) is 0 Å². The molecule has 2 saturated carbocycles. The number of hydrogen-bond acceptors (Lipinski definition) is 2. The first-order chi connectivity index (χ1) is 7.79. The van der Waals surface area contributed by atoms with Gasteiger partial charge in [0, 0.05) is 5.92 Å². The van der Waals surface area contributed by atoms with Crippen molar-refractivity contribution in [1.29, 1.82) is 0 Å². The van der Waals surface area contributed by atoms with E-state index in [-0.39, 0.29) is 0 Å². The average molecular weight is 225 g/mol. The summed E-state index contributed by atoms with van der Waals surface area (Å²) in [5, 5.41) is 9.89. The second-order valence-corrected chi connectivity index (χ2v) is 5.86. The third-order valence-corrected chi connectivity index (χ3v) is 4.78. The van der Waals surface area contributed by atoms with Gasteiger partial charge in [-0.15, -0.1) is 0 Å². The molecule has 0 aromatic heterocycles. The Kier molecular flexibility index (Phi) is 4.66. The Bertz CT molecular complexity index is 175. The van der Waals surface area contributed by atoms with E-state index in [9.17, 15) is 5.11 Å². The Morgan fingerprint density at radius 3 is 1.44 bits per heavy atom. The van der Waals surface area contributed by atoms with Crippen molar-refractivity contribution >= 4 is 0 Å². The Balaban J connectivity index is 1.96. The van der Waals surface area contributed by atoms with Gasteiger partial charge in [0.25, 0.3) is 0 Å². The monoisotopic (exact) mass is 225 g/mol. The Morgan fingerprint density at radius 1 is 0.750 bits per heavy atom. The van der Waals surface area contributed by atoms with Crippen LogP contribution in [0.25, 0.3) is 0 Å². The van der Waals surface area contributed by atoms with E-state index in [1.165, 1.54) is 64.2 Å². The highest BCUT2D eigenvalue weighted by atomic mass is 16.3. The zero-order valence-corrected chi connectivity index (χ0v) is 10.4. The second kappa shape index (κ2) is 6.02. The Hall–Kier alpha value is -0.0800. The second-order valence-electron chi connectivity index (χ2n) is 5.86. The molecular weight excluding hydrogens is 198 g/mol. The van der Waals surface area contributed by atoms with Crippen LogP contribution in [0.3, 0.4) is 0 Å². The van der Waals surface area contributed by atoms with Crippen LogP contribution in [0.1, 0.15) is 64.2 Å². The Labute approximate surface area is 99.6 Å². The van der Waals surface area contributed by atoms with Crippen LogP contribution < -0.4 is 5.73 Å². The summed E-state index contributed by atoms with van der Waals surface area (Å²) in [6, 6.07) is 0. The molecule has 0 bridgehead atoms. The summed E-state index contributed by atoms with van der Waals surface area (Å²) in [4.78, 5) is 0. The van der Waals surface area contributed by atoms with Gasteiger partial charge in [0.05, 0.1) is 0 Å². The van der Waals surface area contributed by atoms with Crippen LogP contribution in [0.4, 0.5) is 0 Å². The van der Waals surface area contributed by atoms with E-state index >= 15 is 0 Å². The maximum atomic E-state index is 9.89. The van der Waals surface area contributed by atoms with Crippen molar-refractivity contribution in [2.45, 2.75) is 70.4 Å². The smallest absolute Gasteiger partial charge is 0.105 e.